The molecule has 0 N–H and O–H groups in total. The van der Waals surface area contributed by atoms with Crippen LogP contribution in [0.25, 0.3) is 6.08 Å². The van der Waals surface area contributed by atoms with E-state index in [1.807, 2.05) is 0 Å². The summed E-state index contributed by atoms with van der Waals surface area (Å²) in [5, 5.41) is 11.0. The van der Waals surface area contributed by atoms with Crippen molar-refractivity contribution >= 4 is 56.8 Å². The SMILES string of the molecule is CCN1C(=O)C(=Cc2cc(Br)ccc2OCc2ccc([N+](=O)[O-])cc2)C(=O)N(CC)C1=S. The number of nitro groups is 1. The number of halogens is 1. The fourth-order valence-corrected chi connectivity index (χ4v) is 3.98. The van der Waals surface area contributed by atoms with Gasteiger partial charge in [0.25, 0.3) is 17.5 Å². The summed E-state index contributed by atoms with van der Waals surface area (Å²) in [5.74, 6) is -0.444. The van der Waals surface area contributed by atoms with E-state index in [2.05, 4.69) is 15.9 Å². The van der Waals surface area contributed by atoms with Crippen LogP contribution in [0.3, 0.4) is 0 Å². The molecule has 1 aliphatic heterocycles. The van der Waals surface area contributed by atoms with Crippen molar-refractivity contribution in [2.75, 3.05) is 13.1 Å². The molecular weight excluding hydrogens is 498 g/mol. The molecule has 1 fully saturated rings. The summed E-state index contributed by atoms with van der Waals surface area (Å²) < 4.78 is 6.66. The van der Waals surface area contributed by atoms with E-state index in [0.29, 0.717) is 24.4 Å². The van der Waals surface area contributed by atoms with Crippen LogP contribution >= 0.6 is 28.1 Å². The Bertz CT molecular complexity index is 1090. The Morgan fingerprint density at radius 1 is 1.06 bits per heavy atom. The minimum atomic E-state index is -0.466. The lowest BCUT2D eigenvalue weighted by Crippen LogP contribution is -2.55. The van der Waals surface area contributed by atoms with Crippen LogP contribution in [0.15, 0.2) is 52.5 Å². The highest BCUT2D eigenvalue weighted by Crippen LogP contribution is 2.29. The molecule has 0 aromatic heterocycles. The fraction of sp³-hybridized carbons (Fsp3) is 0.227. The second-order valence-corrected chi connectivity index (χ2v) is 8.11. The number of nitro benzene ring substituents is 1. The molecule has 1 saturated heterocycles. The molecule has 0 unspecified atom stereocenters. The molecule has 1 heterocycles. The third-order valence-electron chi connectivity index (χ3n) is 4.86. The van der Waals surface area contributed by atoms with Gasteiger partial charge in [-0.2, -0.15) is 0 Å². The molecule has 8 nitrogen and oxygen atoms in total. The van der Waals surface area contributed by atoms with Crippen LogP contribution in [0, 0.1) is 10.1 Å². The zero-order chi connectivity index (χ0) is 23.4. The van der Waals surface area contributed by atoms with Crippen molar-refractivity contribution in [3.63, 3.8) is 0 Å². The molecule has 2 amide bonds. The van der Waals surface area contributed by atoms with Gasteiger partial charge in [-0.25, -0.2) is 0 Å². The third kappa shape index (κ3) is 4.86. The molecule has 2 aromatic rings. The Balaban J connectivity index is 1.92. The minimum absolute atomic E-state index is 0.000543. The van der Waals surface area contributed by atoms with Gasteiger partial charge in [0.1, 0.15) is 17.9 Å². The summed E-state index contributed by atoms with van der Waals surface area (Å²) in [6.45, 7) is 4.44. The molecule has 10 heteroatoms. The molecule has 3 rings (SSSR count). The maximum atomic E-state index is 12.9. The van der Waals surface area contributed by atoms with Gasteiger partial charge in [-0.05, 0) is 68.0 Å². The molecule has 0 aliphatic carbocycles. The van der Waals surface area contributed by atoms with Crippen LogP contribution in [-0.2, 0) is 16.2 Å². The first-order chi connectivity index (χ1) is 15.3. The lowest BCUT2D eigenvalue weighted by molar-refractivity contribution is -0.384. The first-order valence-corrected chi connectivity index (χ1v) is 11.0. The maximum absolute atomic E-state index is 12.9. The van der Waals surface area contributed by atoms with E-state index in [4.69, 9.17) is 17.0 Å². The summed E-state index contributed by atoms with van der Waals surface area (Å²) in [7, 11) is 0. The Morgan fingerprint density at radius 3 is 2.19 bits per heavy atom. The van der Waals surface area contributed by atoms with Crippen LogP contribution < -0.4 is 4.74 Å². The Morgan fingerprint density at radius 2 is 1.66 bits per heavy atom. The molecule has 0 bridgehead atoms. The third-order valence-corrected chi connectivity index (χ3v) is 5.79. The molecule has 0 atom stereocenters. The summed E-state index contributed by atoms with van der Waals surface area (Å²) in [6.07, 6.45) is 1.51. The van der Waals surface area contributed by atoms with E-state index in [1.165, 1.54) is 28.0 Å². The van der Waals surface area contributed by atoms with E-state index >= 15 is 0 Å². The highest BCUT2D eigenvalue weighted by atomic mass is 79.9. The number of non-ortho nitro benzene ring substituents is 1. The van der Waals surface area contributed by atoms with E-state index in [0.717, 1.165) is 10.0 Å². The summed E-state index contributed by atoms with van der Waals surface area (Å²) in [6, 6.07) is 11.3. The maximum Gasteiger partial charge on any atom is 0.269 e. The van der Waals surface area contributed by atoms with Crippen molar-refractivity contribution in [1.82, 2.24) is 9.80 Å². The number of benzene rings is 2. The number of carbonyl (C=O) groups excluding carboxylic acids is 2. The summed E-state index contributed by atoms with van der Waals surface area (Å²) in [5.41, 5.74) is 1.27. The quantitative estimate of drug-likeness (QED) is 0.178. The molecule has 32 heavy (non-hydrogen) atoms. The number of hydrogen-bond acceptors (Lipinski definition) is 6. The first kappa shape index (κ1) is 23.6. The van der Waals surface area contributed by atoms with Gasteiger partial charge in [0, 0.05) is 35.3 Å². The Hall–Kier alpha value is -3.11. The van der Waals surface area contributed by atoms with Crippen molar-refractivity contribution in [1.29, 1.82) is 0 Å². The van der Waals surface area contributed by atoms with Gasteiger partial charge in [0.05, 0.1) is 4.92 Å². The van der Waals surface area contributed by atoms with Crippen LogP contribution in [0.2, 0.25) is 0 Å². The van der Waals surface area contributed by atoms with Crippen molar-refractivity contribution in [2.45, 2.75) is 20.5 Å². The van der Waals surface area contributed by atoms with Gasteiger partial charge in [-0.1, -0.05) is 15.9 Å². The van der Waals surface area contributed by atoms with Crippen LogP contribution in [0.4, 0.5) is 5.69 Å². The predicted molar refractivity (Wildman–Crippen MR) is 127 cm³/mol. The normalized spacial score (nSPS) is 14.1. The fourth-order valence-electron chi connectivity index (χ4n) is 3.18. The molecule has 0 radical (unpaired) electrons. The topological polar surface area (TPSA) is 93.0 Å². The van der Waals surface area contributed by atoms with Gasteiger partial charge in [0.15, 0.2) is 5.11 Å². The summed E-state index contributed by atoms with van der Waals surface area (Å²) >= 11 is 8.70. The van der Waals surface area contributed by atoms with Crippen molar-refractivity contribution in [3.05, 3.63) is 73.8 Å². The number of amides is 2. The highest BCUT2D eigenvalue weighted by Gasteiger charge is 2.38. The number of hydrogen-bond donors (Lipinski definition) is 0. The van der Waals surface area contributed by atoms with Crippen molar-refractivity contribution in [3.8, 4) is 5.75 Å². The highest BCUT2D eigenvalue weighted by molar-refractivity contribution is 9.10. The Labute approximate surface area is 198 Å². The van der Waals surface area contributed by atoms with Gasteiger partial charge in [0.2, 0.25) is 0 Å². The largest absolute Gasteiger partial charge is 0.488 e. The lowest BCUT2D eigenvalue weighted by atomic mass is 10.1. The van der Waals surface area contributed by atoms with Crippen LogP contribution in [0.1, 0.15) is 25.0 Å². The molecule has 1 aliphatic rings. The standard InChI is InChI=1S/C22H20BrN3O5S/c1-3-24-20(27)18(21(28)25(4-2)22(24)32)12-15-11-16(23)7-10-19(15)31-13-14-5-8-17(9-6-14)26(29)30/h5-12H,3-4,13H2,1-2H3. The zero-order valence-electron chi connectivity index (χ0n) is 17.4. The minimum Gasteiger partial charge on any atom is -0.488 e. The van der Waals surface area contributed by atoms with Gasteiger partial charge < -0.3 is 4.74 Å². The smallest absolute Gasteiger partial charge is 0.269 e. The molecule has 2 aromatic carbocycles. The first-order valence-electron chi connectivity index (χ1n) is 9.81. The lowest BCUT2D eigenvalue weighted by Gasteiger charge is -2.35. The van der Waals surface area contributed by atoms with Gasteiger partial charge in [-0.3, -0.25) is 29.5 Å². The molecule has 166 valence electrons. The predicted octanol–water partition coefficient (Wildman–Crippen LogP) is 4.32. The van der Waals surface area contributed by atoms with Crippen LogP contribution in [-0.4, -0.2) is 44.7 Å². The summed E-state index contributed by atoms with van der Waals surface area (Å²) in [4.78, 5) is 39.0. The monoisotopic (exact) mass is 517 g/mol. The Kier molecular flexibility index (Phi) is 7.37. The average molecular weight is 518 g/mol. The number of ether oxygens (including phenoxy) is 1. The van der Waals surface area contributed by atoms with Crippen molar-refractivity contribution < 1.29 is 19.2 Å². The average Bonchev–Trinajstić information content (AvgIpc) is 2.77. The van der Waals surface area contributed by atoms with Gasteiger partial charge in [-0.15, -0.1) is 0 Å². The molecule has 0 spiro atoms. The number of carbonyl (C=O) groups is 2. The molecular formula is C22H20BrN3O5S. The van der Waals surface area contributed by atoms with Crippen molar-refractivity contribution in [2.24, 2.45) is 0 Å². The number of likely N-dealkylation sites (N-methyl/N-ethyl adjacent to an activating group) is 2. The van der Waals surface area contributed by atoms with Gasteiger partial charge >= 0.3 is 0 Å². The number of rotatable bonds is 7. The second-order valence-electron chi connectivity index (χ2n) is 6.83. The van der Waals surface area contributed by atoms with E-state index in [1.54, 1.807) is 44.2 Å². The number of nitrogens with zero attached hydrogens (tertiary/aromatic N) is 3. The van der Waals surface area contributed by atoms with E-state index in [-0.39, 0.29) is 23.0 Å². The van der Waals surface area contributed by atoms with E-state index < -0.39 is 16.7 Å². The second kappa shape index (κ2) is 10.0. The van der Waals surface area contributed by atoms with Crippen LogP contribution in [0.5, 0.6) is 5.75 Å². The van der Waals surface area contributed by atoms with E-state index in [9.17, 15) is 19.7 Å². The molecule has 0 saturated carbocycles. The zero-order valence-corrected chi connectivity index (χ0v) is 19.8. The number of thiocarbonyl (C=S) groups is 1.